The maximum Gasteiger partial charge on any atom is 0.364 e. The van der Waals surface area contributed by atoms with Gasteiger partial charge in [-0.2, -0.15) is 0 Å². The Kier molecular flexibility index (Phi) is 14.9. The highest BCUT2D eigenvalue weighted by Crippen LogP contribution is 2.38. The highest BCUT2D eigenvalue weighted by atomic mass is 28.3. The van der Waals surface area contributed by atoms with Crippen molar-refractivity contribution in [1.82, 2.24) is 5.32 Å². The Morgan fingerprint density at radius 2 is 1.45 bits per heavy atom. The van der Waals surface area contributed by atoms with Crippen LogP contribution in [-0.4, -0.2) is 200 Å². The quantitative estimate of drug-likeness (QED) is 0.0697. The van der Waals surface area contributed by atoms with Gasteiger partial charge in [-0.05, 0) is 6.04 Å². The predicted molar refractivity (Wildman–Crippen MR) is 162 cm³/mol. The Morgan fingerprint density at radius 1 is 0.898 bits per heavy atom. The largest absolute Gasteiger partial charge is 0.477 e. The summed E-state index contributed by atoms with van der Waals surface area (Å²) >= 11 is 0. The van der Waals surface area contributed by atoms with Crippen LogP contribution in [0.3, 0.4) is 0 Å². The molecule has 12 N–H and O–H groups in total. The molecule has 0 aromatic heterocycles. The molecule has 3 aliphatic rings. The number of aliphatic carboxylic acids is 1. The zero-order chi connectivity index (χ0) is 37.0. The third-order valence-corrected chi connectivity index (χ3v) is 10.3. The van der Waals surface area contributed by atoms with E-state index in [0.717, 1.165) is 6.92 Å². The molecule has 3 heterocycles. The number of hydrogen-bond acceptors (Lipinski definition) is 18. The Labute approximate surface area is 282 Å². The Bertz CT molecular complexity index is 1080. The van der Waals surface area contributed by atoms with Gasteiger partial charge in [-0.15, -0.1) is 0 Å². The molecule has 3 fully saturated rings. The van der Waals surface area contributed by atoms with E-state index in [9.17, 15) is 65.8 Å². The topological polar surface area (TPSA) is 324 Å². The molecule has 20 nitrogen and oxygen atoms in total. The van der Waals surface area contributed by atoms with Gasteiger partial charge in [0.05, 0.1) is 32.0 Å². The predicted octanol–water partition coefficient (Wildman–Crippen LogP) is -5.86. The van der Waals surface area contributed by atoms with Gasteiger partial charge >= 0.3 is 5.97 Å². The highest BCUT2D eigenvalue weighted by Gasteiger charge is 2.60. The van der Waals surface area contributed by atoms with Gasteiger partial charge < -0.3 is 89.9 Å². The lowest BCUT2D eigenvalue weighted by Gasteiger charge is -2.50. The fourth-order valence-electron chi connectivity index (χ4n) is 5.76. The number of rotatable bonds is 15. The fourth-order valence-corrected chi connectivity index (χ4v) is 6.49. The second kappa shape index (κ2) is 17.4. The first-order valence-electron chi connectivity index (χ1n) is 15.8. The van der Waals surface area contributed by atoms with Crippen molar-refractivity contribution in [3.63, 3.8) is 0 Å². The third kappa shape index (κ3) is 9.90. The Morgan fingerprint density at radius 3 is 1.96 bits per heavy atom. The molecule has 16 atom stereocenters. The van der Waals surface area contributed by atoms with E-state index in [1.807, 2.05) is 0 Å². The summed E-state index contributed by atoms with van der Waals surface area (Å²) in [5.41, 5.74) is 0. The summed E-state index contributed by atoms with van der Waals surface area (Å²) in [6.45, 7) is 4.74. The molecule has 0 saturated carbocycles. The number of carboxylic acid groups (broad SMARTS) is 1. The molecule has 3 rings (SSSR count). The first kappa shape index (κ1) is 41.9. The van der Waals surface area contributed by atoms with Crippen molar-refractivity contribution < 1.29 is 94.2 Å². The zero-order valence-corrected chi connectivity index (χ0v) is 28.6. The van der Waals surface area contributed by atoms with Crippen molar-refractivity contribution >= 4 is 20.0 Å². The molecule has 0 aromatic rings. The van der Waals surface area contributed by atoms with E-state index in [1.54, 1.807) is 0 Å². The standard InChI is InChI=1S/C28H51NO19Si/c1-11(33)29-16-12(34)7-28(27(41)42,47-22(16)17(36)13(35)8-30)48-24-19(38)15(10-32)45-26(21(24)40)46-23-18(37)14(9-31)44-25(20(23)39)43-5-6-49(2,3)4/h12-26,30-32,34-40H,5-10H2,1-4H3,(H,29,33)(H,41,42)/t12-,13+,14+,15+,16+,17-,18-,19-,20+,21+,22+,23-,24-,25+,26-,28-/m0/s1. The summed E-state index contributed by atoms with van der Waals surface area (Å²) in [7, 11) is -1.59. The third-order valence-electron chi connectivity index (χ3n) is 8.58. The maximum absolute atomic E-state index is 12.7. The minimum Gasteiger partial charge on any atom is -0.477 e. The Hall–Kier alpha value is -1.48. The van der Waals surface area contributed by atoms with Crippen LogP contribution in [0.4, 0.5) is 0 Å². The smallest absolute Gasteiger partial charge is 0.364 e. The average molecular weight is 734 g/mol. The number of carbonyl (C=O) groups excluding carboxylic acids is 1. The number of aliphatic hydroxyl groups is 10. The SMILES string of the molecule is CC(=O)N[C@H]1[C@H]([C@@H](O)[C@H](O)CO)O[C@@](O[C@H]2[C@@H](O)[C@@H](CO)O[C@@H](O[C@H]3[C@@H](O)[C@@H](CO)O[C@@H](OCC[Si](C)(C)C)[C@@H]3O)[C@@H]2O)(C(=O)O)C[C@@H]1O. The van der Waals surface area contributed by atoms with Crippen LogP contribution in [0, 0.1) is 0 Å². The van der Waals surface area contributed by atoms with Gasteiger partial charge in [0, 0.05) is 28.0 Å². The number of amides is 1. The molecule has 1 amide bonds. The van der Waals surface area contributed by atoms with Crippen molar-refractivity contribution in [2.45, 2.75) is 137 Å². The molecule has 3 aliphatic heterocycles. The van der Waals surface area contributed by atoms with E-state index in [4.69, 9.17) is 28.4 Å². The highest BCUT2D eigenvalue weighted by molar-refractivity contribution is 6.76. The van der Waals surface area contributed by atoms with E-state index in [0.29, 0.717) is 6.04 Å². The zero-order valence-electron chi connectivity index (χ0n) is 27.6. The van der Waals surface area contributed by atoms with Crippen LogP contribution in [0.2, 0.25) is 25.7 Å². The molecule has 286 valence electrons. The van der Waals surface area contributed by atoms with Crippen LogP contribution in [0.5, 0.6) is 0 Å². The molecule has 0 bridgehead atoms. The van der Waals surface area contributed by atoms with Gasteiger partial charge in [-0.1, -0.05) is 19.6 Å². The van der Waals surface area contributed by atoms with E-state index >= 15 is 0 Å². The number of nitrogens with one attached hydrogen (secondary N) is 1. The van der Waals surface area contributed by atoms with E-state index in [1.165, 1.54) is 0 Å². The van der Waals surface area contributed by atoms with Gasteiger partial charge in [0.2, 0.25) is 5.91 Å². The van der Waals surface area contributed by atoms with Crippen molar-refractivity contribution in [3.05, 3.63) is 0 Å². The summed E-state index contributed by atoms with van der Waals surface area (Å²) in [5, 5.41) is 118. The van der Waals surface area contributed by atoms with Crippen molar-refractivity contribution in [1.29, 1.82) is 0 Å². The van der Waals surface area contributed by atoms with Gasteiger partial charge in [0.1, 0.15) is 67.1 Å². The van der Waals surface area contributed by atoms with Crippen molar-refractivity contribution in [3.8, 4) is 0 Å². The van der Waals surface area contributed by atoms with E-state index in [-0.39, 0.29) is 6.61 Å². The Balaban J connectivity index is 1.92. The van der Waals surface area contributed by atoms with Crippen molar-refractivity contribution in [2.24, 2.45) is 0 Å². The van der Waals surface area contributed by atoms with E-state index in [2.05, 4.69) is 25.0 Å². The van der Waals surface area contributed by atoms with Crippen molar-refractivity contribution in [2.75, 3.05) is 26.4 Å². The molecule has 0 radical (unpaired) electrons. The molecule has 0 aliphatic carbocycles. The summed E-state index contributed by atoms with van der Waals surface area (Å²) in [5.74, 6) is -5.71. The van der Waals surface area contributed by atoms with Gasteiger partial charge in [-0.25, -0.2) is 4.79 Å². The molecular formula is C28H51NO19Si. The molecular weight excluding hydrogens is 682 g/mol. The number of ether oxygens (including phenoxy) is 6. The summed E-state index contributed by atoms with van der Waals surface area (Å²) in [4.78, 5) is 24.5. The molecule has 0 aromatic carbocycles. The first-order chi connectivity index (χ1) is 22.8. The van der Waals surface area contributed by atoms with Gasteiger partial charge in [0.25, 0.3) is 5.79 Å². The van der Waals surface area contributed by atoms with Crippen LogP contribution < -0.4 is 5.32 Å². The molecule has 0 unspecified atom stereocenters. The lowest BCUT2D eigenvalue weighted by atomic mass is 9.88. The van der Waals surface area contributed by atoms with Gasteiger partial charge in [-0.3, -0.25) is 4.79 Å². The van der Waals surface area contributed by atoms with Crippen LogP contribution >= 0.6 is 0 Å². The number of aliphatic hydroxyl groups excluding tert-OH is 10. The van der Waals surface area contributed by atoms with Crippen LogP contribution in [0.15, 0.2) is 0 Å². The number of carboxylic acids is 1. The van der Waals surface area contributed by atoms with Gasteiger partial charge in [0.15, 0.2) is 12.6 Å². The molecule has 0 spiro atoms. The molecule has 49 heavy (non-hydrogen) atoms. The van der Waals surface area contributed by atoms with E-state index < -0.39 is 144 Å². The summed E-state index contributed by atoms with van der Waals surface area (Å²) in [6, 6.07) is -0.867. The van der Waals surface area contributed by atoms with Crippen LogP contribution in [0.25, 0.3) is 0 Å². The molecule has 21 heteroatoms. The molecule has 3 saturated heterocycles. The monoisotopic (exact) mass is 733 g/mol. The lowest BCUT2D eigenvalue weighted by Crippen LogP contribution is -2.70. The maximum atomic E-state index is 12.7. The number of hydrogen-bond donors (Lipinski definition) is 12. The summed E-state index contributed by atoms with van der Waals surface area (Å²) < 4.78 is 33.6. The fraction of sp³-hybridized carbons (Fsp3) is 0.929. The lowest BCUT2D eigenvalue weighted by molar-refractivity contribution is -0.386. The number of carbonyl (C=O) groups is 2. The summed E-state index contributed by atoms with van der Waals surface area (Å²) in [6.07, 6.45) is -26.6. The second-order valence-electron chi connectivity index (χ2n) is 13.7. The second-order valence-corrected chi connectivity index (χ2v) is 19.3. The van der Waals surface area contributed by atoms with Crippen LogP contribution in [-0.2, 0) is 38.0 Å². The average Bonchev–Trinajstić information content (AvgIpc) is 3.02. The minimum absolute atomic E-state index is 0.159. The normalized spacial score (nSPS) is 41.6. The first-order valence-corrected chi connectivity index (χ1v) is 19.5. The van der Waals surface area contributed by atoms with Crippen LogP contribution in [0.1, 0.15) is 13.3 Å². The minimum atomic E-state index is -3.02.